The lowest BCUT2D eigenvalue weighted by Gasteiger charge is -2.30. The summed E-state index contributed by atoms with van der Waals surface area (Å²) < 4.78 is 11.3. The molecule has 158 valence electrons. The van der Waals surface area contributed by atoms with Gasteiger partial charge in [0, 0.05) is 18.7 Å². The monoisotopic (exact) mass is 474 g/mol. The van der Waals surface area contributed by atoms with Crippen LogP contribution in [0.5, 0.6) is 0 Å². The highest BCUT2D eigenvalue weighted by atomic mass is 79.9. The molecule has 0 spiro atoms. The number of benzene rings is 2. The van der Waals surface area contributed by atoms with Gasteiger partial charge < -0.3 is 14.4 Å². The number of nitrogens with zero attached hydrogens (tertiary/aromatic N) is 2. The molecule has 0 N–H and O–H groups in total. The molecule has 2 aromatic carbocycles. The maximum atomic E-state index is 13.2. The van der Waals surface area contributed by atoms with Crippen molar-refractivity contribution < 1.29 is 23.9 Å². The molecule has 1 aliphatic rings. The van der Waals surface area contributed by atoms with E-state index in [4.69, 9.17) is 9.47 Å². The zero-order valence-corrected chi connectivity index (χ0v) is 18.4. The summed E-state index contributed by atoms with van der Waals surface area (Å²) >= 11 is 3.34. The van der Waals surface area contributed by atoms with Gasteiger partial charge in [-0.25, -0.2) is 4.90 Å². The molecule has 8 heteroatoms. The van der Waals surface area contributed by atoms with Crippen molar-refractivity contribution in [3.05, 3.63) is 64.6 Å². The molecule has 1 aliphatic heterocycles. The summed E-state index contributed by atoms with van der Waals surface area (Å²) in [6, 6.07) is 15.2. The van der Waals surface area contributed by atoms with Crippen molar-refractivity contribution in [2.45, 2.75) is 25.2 Å². The maximum Gasteiger partial charge on any atom is 0.257 e. The molecular weight excluding hydrogens is 452 g/mol. The normalized spacial score (nSPS) is 16.4. The predicted molar refractivity (Wildman–Crippen MR) is 115 cm³/mol. The number of rotatable bonds is 8. The van der Waals surface area contributed by atoms with E-state index in [-0.39, 0.29) is 31.2 Å². The summed E-state index contributed by atoms with van der Waals surface area (Å²) in [5.74, 6) is -1.06. The van der Waals surface area contributed by atoms with Crippen LogP contribution in [0.25, 0.3) is 0 Å². The van der Waals surface area contributed by atoms with Crippen LogP contribution in [0.3, 0.4) is 0 Å². The SMILES string of the molecule is COC(CN(C(=O)Cc1ccccc1)C1CC(=O)N(c2ccc(Br)cc2)C1=O)OC. The number of carbonyl (C=O) groups excluding carboxylic acids is 3. The third-order valence-corrected chi connectivity index (χ3v) is 5.50. The van der Waals surface area contributed by atoms with E-state index >= 15 is 0 Å². The van der Waals surface area contributed by atoms with Crippen LogP contribution >= 0.6 is 15.9 Å². The van der Waals surface area contributed by atoms with E-state index in [1.807, 2.05) is 30.3 Å². The molecule has 3 amide bonds. The zero-order valence-electron chi connectivity index (χ0n) is 16.8. The van der Waals surface area contributed by atoms with Gasteiger partial charge in [-0.2, -0.15) is 0 Å². The standard InChI is InChI=1S/C22H23BrN2O5/c1-29-21(30-2)14-24(19(26)12-15-6-4-3-5-7-15)18-13-20(27)25(22(18)28)17-10-8-16(23)9-11-17/h3-11,18,21H,12-14H2,1-2H3. The first-order chi connectivity index (χ1) is 14.4. The molecule has 0 bridgehead atoms. The van der Waals surface area contributed by atoms with E-state index < -0.39 is 18.2 Å². The Hall–Kier alpha value is -2.55. The average Bonchev–Trinajstić information content (AvgIpc) is 3.04. The first kappa shape index (κ1) is 22.1. The number of anilines is 1. The Morgan fingerprint density at radius 2 is 1.73 bits per heavy atom. The van der Waals surface area contributed by atoms with Crippen LogP contribution in [-0.2, 0) is 30.3 Å². The number of carbonyl (C=O) groups is 3. The largest absolute Gasteiger partial charge is 0.354 e. The Morgan fingerprint density at radius 3 is 2.33 bits per heavy atom. The van der Waals surface area contributed by atoms with Crippen molar-refractivity contribution in [2.24, 2.45) is 0 Å². The van der Waals surface area contributed by atoms with Gasteiger partial charge >= 0.3 is 0 Å². The summed E-state index contributed by atoms with van der Waals surface area (Å²) in [4.78, 5) is 41.5. The summed E-state index contributed by atoms with van der Waals surface area (Å²) in [6.45, 7) is 0.0382. The molecule has 0 aliphatic carbocycles. The number of hydrogen-bond acceptors (Lipinski definition) is 5. The highest BCUT2D eigenvalue weighted by molar-refractivity contribution is 9.10. The van der Waals surface area contributed by atoms with Crippen LogP contribution < -0.4 is 4.90 Å². The minimum atomic E-state index is -0.912. The summed E-state index contributed by atoms with van der Waals surface area (Å²) in [6.07, 6.45) is -0.693. The lowest BCUT2D eigenvalue weighted by Crippen LogP contribution is -2.49. The molecule has 30 heavy (non-hydrogen) atoms. The van der Waals surface area contributed by atoms with Gasteiger partial charge in [0.05, 0.1) is 25.1 Å². The number of imide groups is 1. The lowest BCUT2D eigenvalue weighted by atomic mass is 10.1. The smallest absolute Gasteiger partial charge is 0.257 e. The van der Waals surface area contributed by atoms with Crippen molar-refractivity contribution in [3.8, 4) is 0 Å². The highest BCUT2D eigenvalue weighted by Gasteiger charge is 2.44. The molecule has 1 heterocycles. The fraction of sp³-hybridized carbons (Fsp3) is 0.318. The Morgan fingerprint density at radius 1 is 1.10 bits per heavy atom. The predicted octanol–water partition coefficient (Wildman–Crippen LogP) is 2.77. The van der Waals surface area contributed by atoms with Crippen LogP contribution in [0.15, 0.2) is 59.1 Å². The summed E-state index contributed by atoms with van der Waals surface area (Å²) in [5, 5.41) is 0. The molecule has 1 unspecified atom stereocenters. The fourth-order valence-corrected chi connectivity index (χ4v) is 3.67. The number of halogens is 1. The van der Waals surface area contributed by atoms with Crippen LogP contribution in [0.4, 0.5) is 5.69 Å². The van der Waals surface area contributed by atoms with Crippen molar-refractivity contribution in [1.82, 2.24) is 4.90 Å². The third-order valence-electron chi connectivity index (χ3n) is 4.97. The molecule has 1 saturated heterocycles. The van der Waals surface area contributed by atoms with Crippen LogP contribution in [0, 0.1) is 0 Å². The van der Waals surface area contributed by atoms with E-state index in [0.717, 1.165) is 14.9 Å². The van der Waals surface area contributed by atoms with E-state index in [1.54, 1.807) is 24.3 Å². The molecule has 0 radical (unpaired) electrons. The highest BCUT2D eigenvalue weighted by Crippen LogP contribution is 2.27. The van der Waals surface area contributed by atoms with Gasteiger partial charge in [-0.3, -0.25) is 14.4 Å². The van der Waals surface area contributed by atoms with Gasteiger partial charge in [0.1, 0.15) is 6.04 Å². The van der Waals surface area contributed by atoms with E-state index in [1.165, 1.54) is 19.1 Å². The van der Waals surface area contributed by atoms with Gasteiger partial charge in [-0.15, -0.1) is 0 Å². The van der Waals surface area contributed by atoms with Gasteiger partial charge in [0.2, 0.25) is 11.8 Å². The van der Waals surface area contributed by atoms with E-state index in [0.29, 0.717) is 5.69 Å². The Kier molecular flexibility index (Phi) is 7.36. The minimum absolute atomic E-state index is 0.0382. The molecule has 0 saturated carbocycles. The molecule has 3 rings (SSSR count). The first-order valence-corrected chi connectivity index (χ1v) is 10.2. The molecule has 0 aromatic heterocycles. The Balaban J connectivity index is 1.86. The molecule has 7 nitrogen and oxygen atoms in total. The van der Waals surface area contributed by atoms with E-state index in [9.17, 15) is 14.4 Å². The quantitative estimate of drug-likeness (QED) is 0.434. The van der Waals surface area contributed by atoms with Crippen molar-refractivity contribution >= 4 is 39.3 Å². The average molecular weight is 475 g/mol. The minimum Gasteiger partial charge on any atom is -0.354 e. The first-order valence-electron chi connectivity index (χ1n) is 9.46. The van der Waals surface area contributed by atoms with Gasteiger partial charge in [-0.1, -0.05) is 46.3 Å². The third kappa shape index (κ3) is 4.95. The number of methoxy groups -OCH3 is 2. The molecular formula is C22H23BrN2O5. The van der Waals surface area contributed by atoms with Crippen LogP contribution in [0.2, 0.25) is 0 Å². The van der Waals surface area contributed by atoms with Crippen LogP contribution in [-0.4, -0.2) is 55.7 Å². The van der Waals surface area contributed by atoms with E-state index in [2.05, 4.69) is 15.9 Å². The van der Waals surface area contributed by atoms with Gasteiger partial charge in [0.15, 0.2) is 6.29 Å². The van der Waals surface area contributed by atoms with Crippen LogP contribution in [0.1, 0.15) is 12.0 Å². The zero-order chi connectivity index (χ0) is 21.7. The second-order valence-electron chi connectivity index (χ2n) is 6.87. The van der Waals surface area contributed by atoms with Crippen molar-refractivity contribution in [3.63, 3.8) is 0 Å². The Labute approximate surface area is 183 Å². The van der Waals surface area contributed by atoms with Gasteiger partial charge in [-0.05, 0) is 29.8 Å². The summed E-state index contributed by atoms with van der Waals surface area (Å²) in [5.41, 5.74) is 1.29. The van der Waals surface area contributed by atoms with Crippen molar-refractivity contribution in [1.29, 1.82) is 0 Å². The number of amides is 3. The number of hydrogen-bond donors (Lipinski definition) is 0. The topological polar surface area (TPSA) is 76.2 Å². The fourth-order valence-electron chi connectivity index (χ4n) is 3.40. The Bertz CT molecular complexity index is 900. The molecule has 1 atom stereocenters. The van der Waals surface area contributed by atoms with Gasteiger partial charge in [0.25, 0.3) is 5.91 Å². The number of ether oxygens (including phenoxy) is 2. The maximum absolute atomic E-state index is 13.2. The second kappa shape index (κ2) is 9.97. The second-order valence-corrected chi connectivity index (χ2v) is 7.79. The lowest BCUT2D eigenvalue weighted by molar-refractivity contribution is -0.152. The molecule has 1 fully saturated rings. The van der Waals surface area contributed by atoms with Crippen molar-refractivity contribution in [2.75, 3.05) is 25.7 Å². The molecule has 2 aromatic rings. The summed E-state index contributed by atoms with van der Waals surface area (Å²) in [7, 11) is 2.92.